The van der Waals surface area contributed by atoms with Crippen LogP contribution in [0.5, 0.6) is 0 Å². The van der Waals surface area contributed by atoms with Gasteiger partial charge < -0.3 is 15.2 Å². The van der Waals surface area contributed by atoms with Gasteiger partial charge in [-0.15, -0.1) is 0 Å². The van der Waals surface area contributed by atoms with Gasteiger partial charge in [0.1, 0.15) is 5.56 Å². The molecule has 7 nitrogen and oxygen atoms in total. The molecule has 0 radical (unpaired) electrons. The number of benzene rings is 1. The minimum atomic E-state index is -1.29. The molecule has 1 rings (SSSR count). The van der Waals surface area contributed by atoms with Crippen molar-refractivity contribution < 1.29 is 19.6 Å². The molecule has 7 heteroatoms. The van der Waals surface area contributed by atoms with E-state index in [-0.39, 0.29) is 17.8 Å². The number of carboxylic acids is 1. The zero-order valence-electron chi connectivity index (χ0n) is 11.3. The number of aromatic carboxylic acids is 1. The molecular weight excluding hydrogens is 264 g/mol. The molecule has 0 aliphatic carbocycles. The summed E-state index contributed by atoms with van der Waals surface area (Å²) in [5.74, 6) is -1.29. The molecule has 0 saturated heterocycles. The smallest absolute Gasteiger partial charge is 0.343 e. The number of carbonyl (C=O) groups is 1. The monoisotopic (exact) mass is 282 g/mol. The van der Waals surface area contributed by atoms with Crippen molar-refractivity contribution in [3.05, 3.63) is 39.4 Å². The van der Waals surface area contributed by atoms with E-state index in [2.05, 4.69) is 5.32 Å². The Morgan fingerprint density at radius 3 is 2.85 bits per heavy atom. The van der Waals surface area contributed by atoms with E-state index < -0.39 is 10.9 Å². The average Bonchev–Trinajstić information content (AvgIpc) is 2.42. The predicted octanol–water partition coefficient (Wildman–Crippen LogP) is 1.81. The van der Waals surface area contributed by atoms with Gasteiger partial charge in [-0.1, -0.05) is 12.1 Å². The van der Waals surface area contributed by atoms with E-state index >= 15 is 0 Å². The van der Waals surface area contributed by atoms with Crippen molar-refractivity contribution in [2.75, 3.05) is 19.8 Å². The summed E-state index contributed by atoms with van der Waals surface area (Å²) < 4.78 is 5.17. The van der Waals surface area contributed by atoms with Crippen LogP contribution in [-0.2, 0) is 11.3 Å². The Morgan fingerprint density at radius 2 is 2.25 bits per heavy atom. The summed E-state index contributed by atoms with van der Waals surface area (Å²) in [6, 6.07) is 4.26. The highest BCUT2D eigenvalue weighted by molar-refractivity contribution is 5.94. The van der Waals surface area contributed by atoms with Gasteiger partial charge in [0.2, 0.25) is 0 Å². The summed E-state index contributed by atoms with van der Waals surface area (Å²) in [5, 5.41) is 23.0. The first-order chi connectivity index (χ1) is 9.57. The Kier molecular flexibility index (Phi) is 6.61. The second-order valence-corrected chi connectivity index (χ2v) is 4.10. The van der Waals surface area contributed by atoms with E-state index in [1.165, 1.54) is 12.1 Å². The molecule has 20 heavy (non-hydrogen) atoms. The summed E-state index contributed by atoms with van der Waals surface area (Å²) in [6.45, 7) is 4.13. The van der Waals surface area contributed by atoms with Crippen molar-refractivity contribution in [1.29, 1.82) is 0 Å². The first kappa shape index (κ1) is 16.1. The summed E-state index contributed by atoms with van der Waals surface area (Å²) in [7, 11) is 0. The number of hydrogen-bond acceptors (Lipinski definition) is 5. The zero-order chi connectivity index (χ0) is 15.0. The quantitative estimate of drug-likeness (QED) is 0.407. The van der Waals surface area contributed by atoms with Crippen LogP contribution in [0.25, 0.3) is 0 Å². The molecule has 0 fully saturated rings. The standard InChI is InChI=1S/C13H18N2O5/c1-2-20-8-4-7-14-9-10-5-3-6-11(15(18)19)12(10)13(16)17/h3,5-6,14H,2,4,7-9H2,1H3,(H,16,17). The molecule has 110 valence electrons. The van der Waals surface area contributed by atoms with Gasteiger partial charge in [0, 0.05) is 25.8 Å². The van der Waals surface area contributed by atoms with Gasteiger partial charge in [-0.2, -0.15) is 0 Å². The average molecular weight is 282 g/mol. The van der Waals surface area contributed by atoms with E-state index in [1.54, 1.807) is 6.07 Å². The molecule has 0 aliphatic rings. The van der Waals surface area contributed by atoms with Gasteiger partial charge in [-0.3, -0.25) is 10.1 Å². The van der Waals surface area contributed by atoms with Crippen LogP contribution in [0.2, 0.25) is 0 Å². The molecule has 0 unspecified atom stereocenters. The van der Waals surface area contributed by atoms with Crippen LogP contribution >= 0.6 is 0 Å². The molecule has 0 heterocycles. The number of nitro benzene ring substituents is 1. The summed E-state index contributed by atoms with van der Waals surface area (Å²) >= 11 is 0. The van der Waals surface area contributed by atoms with Gasteiger partial charge in [0.15, 0.2) is 0 Å². The lowest BCUT2D eigenvalue weighted by molar-refractivity contribution is -0.385. The maximum absolute atomic E-state index is 11.2. The van der Waals surface area contributed by atoms with Gasteiger partial charge in [0.25, 0.3) is 5.69 Å². The maximum atomic E-state index is 11.2. The van der Waals surface area contributed by atoms with Crippen molar-refractivity contribution >= 4 is 11.7 Å². The van der Waals surface area contributed by atoms with Gasteiger partial charge in [-0.05, 0) is 25.5 Å². The third kappa shape index (κ3) is 4.60. The Morgan fingerprint density at radius 1 is 1.50 bits per heavy atom. The van der Waals surface area contributed by atoms with Crippen LogP contribution in [-0.4, -0.2) is 35.8 Å². The van der Waals surface area contributed by atoms with Crippen molar-refractivity contribution in [1.82, 2.24) is 5.32 Å². The number of hydrogen-bond donors (Lipinski definition) is 2. The summed E-state index contributed by atoms with van der Waals surface area (Å²) in [4.78, 5) is 21.3. The third-order valence-corrected chi connectivity index (χ3v) is 2.70. The summed E-state index contributed by atoms with van der Waals surface area (Å²) in [6.07, 6.45) is 0.797. The molecule has 0 atom stereocenters. The first-order valence-electron chi connectivity index (χ1n) is 6.36. The van der Waals surface area contributed by atoms with Gasteiger partial charge in [0.05, 0.1) is 4.92 Å². The Hall–Kier alpha value is -1.99. The van der Waals surface area contributed by atoms with Crippen molar-refractivity contribution in [3.8, 4) is 0 Å². The SMILES string of the molecule is CCOCCCNCc1cccc([N+](=O)[O-])c1C(=O)O. The normalized spacial score (nSPS) is 10.4. The number of nitrogens with zero attached hydrogens (tertiary/aromatic N) is 1. The number of carboxylic acid groups (broad SMARTS) is 1. The Labute approximate surface area is 116 Å². The molecular formula is C13H18N2O5. The van der Waals surface area contributed by atoms with Crippen molar-refractivity contribution in [2.24, 2.45) is 0 Å². The van der Waals surface area contributed by atoms with E-state index in [4.69, 9.17) is 9.84 Å². The molecule has 1 aromatic rings. The van der Waals surface area contributed by atoms with Gasteiger partial charge in [-0.25, -0.2) is 4.79 Å². The van der Waals surface area contributed by atoms with E-state index in [0.717, 1.165) is 6.42 Å². The molecule has 0 aliphatic heterocycles. The number of ether oxygens (including phenoxy) is 1. The molecule has 0 aromatic heterocycles. The van der Waals surface area contributed by atoms with Crippen LogP contribution < -0.4 is 5.32 Å². The number of nitrogens with one attached hydrogen (secondary N) is 1. The molecule has 0 spiro atoms. The Bertz CT molecular complexity index is 476. The lowest BCUT2D eigenvalue weighted by Crippen LogP contribution is -2.19. The highest BCUT2D eigenvalue weighted by atomic mass is 16.6. The second kappa shape index (κ2) is 8.23. The topological polar surface area (TPSA) is 102 Å². The largest absolute Gasteiger partial charge is 0.477 e. The minimum absolute atomic E-state index is 0.255. The Balaban J connectivity index is 2.67. The maximum Gasteiger partial charge on any atom is 0.343 e. The zero-order valence-corrected chi connectivity index (χ0v) is 11.3. The van der Waals surface area contributed by atoms with Crippen molar-refractivity contribution in [2.45, 2.75) is 19.9 Å². The second-order valence-electron chi connectivity index (χ2n) is 4.10. The van der Waals surface area contributed by atoms with Crippen LogP contribution in [0.15, 0.2) is 18.2 Å². The van der Waals surface area contributed by atoms with Crippen molar-refractivity contribution in [3.63, 3.8) is 0 Å². The van der Waals surface area contributed by atoms with Crippen LogP contribution in [0, 0.1) is 10.1 Å². The number of rotatable bonds is 9. The molecule has 1 aromatic carbocycles. The fourth-order valence-corrected chi connectivity index (χ4v) is 1.80. The lowest BCUT2D eigenvalue weighted by Gasteiger charge is -2.08. The van der Waals surface area contributed by atoms with Crippen LogP contribution in [0.1, 0.15) is 29.3 Å². The molecule has 0 bridgehead atoms. The predicted molar refractivity (Wildman–Crippen MR) is 72.9 cm³/mol. The molecule has 0 amide bonds. The fraction of sp³-hybridized carbons (Fsp3) is 0.462. The molecule has 2 N–H and O–H groups in total. The minimum Gasteiger partial charge on any atom is -0.477 e. The fourth-order valence-electron chi connectivity index (χ4n) is 1.80. The van der Waals surface area contributed by atoms with E-state index in [1.807, 2.05) is 6.92 Å². The highest BCUT2D eigenvalue weighted by Gasteiger charge is 2.22. The first-order valence-corrected chi connectivity index (χ1v) is 6.36. The van der Waals surface area contributed by atoms with Crippen LogP contribution in [0.4, 0.5) is 5.69 Å². The van der Waals surface area contributed by atoms with Gasteiger partial charge >= 0.3 is 5.97 Å². The van der Waals surface area contributed by atoms with E-state index in [9.17, 15) is 14.9 Å². The van der Waals surface area contributed by atoms with E-state index in [0.29, 0.717) is 25.3 Å². The third-order valence-electron chi connectivity index (χ3n) is 2.70. The lowest BCUT2D eigenvalue weighted by atomic mass is 10.1. The summed E-state index contributed by atoms with van der Waals surface area (Å²) in [5.41, 5.74) is -0.232. The number of nitro groups is 1. The molecule has 0 saturated carbocycles. The van der Waals surface area contributed by atoms with Crippen LogP contribution in [0.3, 0.4) is 0 Å². The highest BCUT2D eigenvalue weighted by Crippen LogP contribution is 2.22.